The van der Waals surface area contributed by atoms with Gasteiger partial charge in [-0.05, 0) is 37.1 Å². The van der Waals surface area contributed by atoms with Crippen LogP contribution in [0.2, 0.25) is 0 Å². The summed E-state index contributed by atoms with van der Waals surface area (Å²) in [5.41, 5.74) is 4.77. The van der Waals surface area contributed by atoms with Crippen LogP contribution >= 0.6 is 0 Å². The second-order valence-electron chi connectivity index (χ2n) is 6.40. The fourth-order valence-electron chi connectivity index (χ4n) is 3.82. The lowest BCUT2D eigenvalue weighted by Gasteiger charge is -2.17. The smallest absolute Gasteiger partial charge is 0.216 e. The molecule has 0 spiro atoms. The van der Waals surface area contributed by atoms with Crippen molar-refractivity contribution in [1.82, 2.24) is 4.57 Å². The molecule has 0 N–H and O–H groups in total. The summed E-state index contributed by atoms with van der Waals surface area (Å²) >= 11 is 0. The summed E-state index contributed by atoms with van der Waals surface area (Å²) in [6, 6.07) is 20.3. The minimum absolute atomic E-state index is 0.347. The van der Waals surface area contributed by atoms with Crippen molar-refractivity contribution in [2.45, 2.75) is 13.8 Å². The molecule has 27 heavy (non-hydrogen) atoms. The van der Waals surface area contributed by atoms with E-state index in [1.54, 1.807) is 13.8 Å². The van der Waals surface area contributed by atoms with Crippen molar-refractivity contribution in [3.05, 3.63) is 82.2 Å². The lowest BCUT2D eigenvalue weighted by Crippen LogP contribution is -2.04. The van der Waals surface area contributed by atoms with Gasteiger partial charge in [-0.2, -0.15) is 10.5 Å². The molecule has 4 heteroatoms. The average Bonchev–Trinajstić information content (AvgIpc) is 3.02. The van der Waals surface area contributed by atoms with Crippen LogP contribution in [-0.2, 0) is 0 Å². The van der Waals surface area contributed by atoms with Crippen LogP contribution in [0.5, 0.6) is 0 Å². The normalized spacial score (nSPS) is 10.5. The van der Waals surface area contributed by atoms with Gasteiger partial charge in [0, 0.05) is 16.3 Å². The number of fused-ring (bicyclic) bond motifs is 3. The lowest BCUT2D eigenvalue weighted by molar-refractivity contribution is 1.15. The van der Waals surface area contributed by atoms with Gasteiger partial charge in [-0.25, -0.2) is 4.85 Å². The number of benzene rings is 3. The molecule has 0 radical (unpaired) electrons. The maximum absolute atomic E-state index is 9.90. The molecule has 4 aromatic rings. The first-order chi connectivity index (χ1) is 13.1. The Morgan fingerprint density at radius 3 is 1.81 bits per heavy atom. The summed E-state index contributed by atoms with van der Waals surface area (Å²) in [4.78, 5) is 3.72. The molecule has 4 rings (SSSR count). The Hall–Kier alpha value is -4.07. The van der Waals surface area contributed by atoms with Crippen molar-refractivity contribution in [2.24, 2.45) is 0 Å². The second kappa shape index (κ2) is 6.03. The van der Waals surface area contributed by atoms with Gasteiger partial charge in [0.05, 0.1) is 34.9 Å². The second-order valence-corrected chi connectivity index (χ2v) is 6.40. The van der Waals surface area contributed by atoms with Crippen LogP contribution in [0.25, 0.3) is 32.3 Å². The molecule has 0 unspecified atom stereocenters. The first-order valence-electron chi connectivity index (χ1n) is 8.47. The molecule has 0 saturated carbocycles. The highest BCUT2D eigenvalue weighted by atomic mass is 15.0. The van der Waals surface area contributed by atoms with E-state index in [0.717, 1.165) is 21.8 Å². The van der Waals surface area contributed by atoms with Gasteiger partial charge in [-0.1, -0.05) is 36.4 Å². The molecule has 4 nitrogen and oxygen atoms in total. The zero-order valence-corrected chi connectivity index (χ0v) is 14.9. The fraction of sp³-hybridized carbons (Fsp3) is 0.0870. The van der Waals surface area contributed by atoms with E-state index >= 15 is 0 Å². The highest BCUT2D eigenvalue weighted by Gasteiger charge is 2.23. The molecule has 0 bridgehead atoms. The molecule has 0 amide bonds. The van der Waals surface area contributed by atoms with Crippen molar-refractivity contribution >= 4 is 27.5 Å². The predicted octanol–water partition coefficient (Wildman–Crippen LogP) is 5.69. The molecular formula is C23H14N4. The summed E-state index contributed by atoms with van der Waals surface area (Å²) < 4.78 is 1.98. The maximum Gasteiger partial charge on any atom is 0.216 e. The van der Waals surface area contributed by atoms with Gasteiger partial charge in [0.1, 0.15) is 6.07 Å². The van der Waals surface area contributed by atoms with Crippen LogP contribution in [0.3, 0.4) is 0 Å². The van der Waals surface area contributed by atoms with Crippen LogP contribution in [0, 0.1) is 43.1 Å². The van der Waals surface area contributed by atoms with Crippen LogP contribution in [0.4, 0.5) is 5.69 Å². The molecule has 0 aliphatic heterocycles. The summed E-state index contributed by atoms with van der Waals surface area (Å²) in [5.74, 6) is 0. The standard InChI is InChI=1S/C23H14N4/c1-14-18(12-24)15(2)22(26-3)23(19(14)13-25)27-20-10-6-4-8-16(20)17-9-5-7-11-21(17)27/h4-11H,1-2H3. The van der Waals surface area contributed by atoms with Crippen molar-refractivity contribution in [2.75, 3.05) is 0 Å². The molecule has 0 aliphatic rings. The summed E-state index contributed by atoms with van der Waals surface area (Å²) in [6.07, 6.45) is 0. The van der Waals surface area contributed by atoms with E-state index in [1.165, 1.54) is 0 Å². The third-order valence-electron chi connectivity index (χ3n) is 5.08. The first-order valence-corrected chi connectivity index (χ1v) is 8.47. The van der Waals surface area contributed by atoms with Crippen LogP contribution in [-0.4, -0.2) is 4.57 Å². The van der Waals surface area contributed by atoms with Gasteiger partial charge in [0.2, 0.25) is 5.69 Å². The Labute approximate surface area is 156 Å². The maximum atomic E-state index is 9.90. The van der Waals surface area contributed by atoms with Crippen molar-refractivity contribution in [1.29, 1.82) is 10.5 Å². The highest BCUT2D eigenvalue weighted by molar-refractivity contribution is 6.10. The third kappa shape index (κ3) is 2.13. The number of nitrogens with zero attached hydrogens (tertiary/aromatic N) is 4. The number of nitriles is 2. The molecule has 0 fully saturated rings. The Morgan fingerprint density at radius 2 is 1.33 bits per heavy atom. The van der Waals surface area contributed by atoms with E-state index in [2.05, 4.69) is 17.0 Å². The van der Waals surface area contributed by atoms with E-state index in [4.69, 9.17) is 6.57 Å². The number of rotatable bonds is 1. The highest BCUT2D eigenvalue weighted by Crippen LogP contribution is 2.41. The van der Waals surface area contributed by atoms with Gasteiger partial charge in [-0.15, -0.1) is 0 Å². The number of hydrogen-bond acceptors (Lipinski definition) is 2. The summed E-state index contributed by atoms with van der Waals surface area (Å²) in [7, 11) is 0. The fourth-order valence-corrected chi connectivity index (χ4v) is 3.82. The molecule has 0 atom stereocenters. The molecule has 0 aliphatic carbocycles. The Balaban J connectivity index is 2.33. The molecule has 1 heterocycles. The van der Waals surface area contributed by atoms with Gasteiger partial charge >= 0.3 is 0 Å². The SMILES string of the molecule is [C-]#[N+]c1c(C)c(C#N)c(C)c(C#N)c1-n1c2ccccc2c2ccccc21. The molecule has 1 aromatic heterocycles. The molecular weight excluding hydrogens is 332 g/mol. The zero-order valence-electron chi connectivity index (χ0n) is 14.9. The first kappa shape index (κ1) is 16.4. The van der Waals surface area contributed by atoms with Gasteiger partial charge in [0.25, 0.3) is 0 Å². The Bertz CT molecular complexity index is 1270. The van der Waals surface area contributed by atoms with E-state index in [9.17, 15) is 10.5 Å². The van der Waals surface area contributed by atoms with Crippen LogP contribution < -0.4 is 0 Å². The predicted molar refractivity (Wildman–Crippen MR) is 106 cm³/mol. The van der Waals surface area contributed by atoms with Crippen LogP contribution in [0.15, 0.2) is 48.5 Å². The number of aromatic nitrogens is 1. The quantitative estimate of drug-likeness (QED) is 0.415. The largest absolute Gasteiger partial charge is 0.318 e. The van der Waals surface area contributed by atoms with Gasteiger partial charge in [0.15, 0.2) is 0 Å². The Morgan fingerprint density at radius 1 is 0.815 bits per heavy atom. The lowest BCUT2D eigenvalue weighted by atomic mass is 9.94. The Kier molecular flexibility index (Phi) is 3.66. The van der Waals surface area contributed by atoms with Gasteiger partial charge in [-0.3, -0.25) is 0 Å². The summed E-state index contributed by atoms with van der Waals surface area (Å²) in [5, 5.41) is 21.6. The van der Waals surface area contributed by atoms with E-state index in [1.807, 2.05) is 53.1 Å². The van der Waals surface area contributed by atoms with Crippen molar-refractivity contribution in [3.63, 3.8) is 0 Å². The third-order valence-corrected chi connectivity index (χ3v) is 5.08. The molecule has 3 aromatic carbocycles. The summed E-state index contributed by atoms with van der Waals surface area (Å²) in [6.45, 7) is 11.3. The molecule has 0 saturated heterocycles. The monoisotopic (exact) mass is 346 g/mol. The van der Waals surface area contributed by atoms with E-state index in [0.29, 0.717) is 33.6 Å². The molecule has 126 valence electrons. The van der Waals surface area contributed by atoms with Gasteiger partial charge < -0.3 is 4.57 Å². The minimum atomic E-state index is 0.347. The number of hydrogen-bond donors (Lipinski definition) is 0. The van der Waals surface area contributed by atoms with Crippen molar-refractivity contribution < 1.29 is 0 Å². The zero-order chi connectivity index (χ0) is 19.1. The number of para-hydroxylation sites is 2. The topological polar surface area (TPSA) is 56.9 Å². The van der Waals surface area contributed by atoms with Crippen molar-refractivity contribution in [3.8, 4) is 17.8 Å². The minimum Gasteiger partial charge on any atom is -0.318 e. The van der Waals surface area contributed by atoms with Crippen LogP contribution in [0.1, 0.15) is 22.3 Å². The van der Waals surface area contributed by atoms with E-state index in [-0.39, 0.29) is 0 Å². The average molecular weight is 346 g/mol. The van der Waals surface area contributed by atoms with E-state index < -0.39 is 0 Å².